The van der Waals surface area contributed by atoms with Gasteiger partial charge in [-0.1, -0.05) is 170 Å². The molecular formula is C54H32O2. The summed E-state index contributed by atoms with van der Waals surface area (Å²) in [6.07, 6.45) is 0. The fourth-order valence-corrected chi connectivity index (χ4v) is 9.05. The van der Waals surface area contributed by atoms with Crippen LogP contribution in [0.1, 0.15) is 0 Å². The molecule has 0 atom stereocenters. The molecule has 0 aliphatic heterocycles. The summed E-state index contributed by atoms with van der Waals surface area (Å²) in [4.78, 5) is 0. The predicted octanol–water partition coefficient (Wildman–Crippen LogP) is 15.6. The zero-order chi connectivity index (χ0) is 36.7. The van der Waals surface area contributed by atoms with Crippen molar-refractivity contribution in [2.75, 3.05) is 0 Å². The van der Waals surface area contributed by atoms with E-state index in [2.05, 4.69) is 170 Å². The minimum atomic E-state index is 0.845. The van der Waals surface area contributed by atoms with Gasteiger partial charge in [0.15, 0.2) is 0 Å². The van der Waals surface area contributed by atoms with E-state index in [-0.39, 0.29) is 0 Å². The largest absolute Gasteiger partial charge is 0.455 e. The Bertz CT molecular complexity index is 3360. The van der Waals surface area contributed by atoms with Crippen molar-refractivity contribution in [1.29, 1.82) is 0 Å². The molecule has 0 unspecified atom stereocenters. The highest BCUT2D eigenvalue weighted by Crippen LogP contribution is 2.47. The Balaban J connectivity index is 1.02. The molecule has 2 aromatic heterocycles. The Kier molecular flexibility index (Phi) is 6.66. The van der Waals surface area contributed by atoms with Gasteiger partial charge in [0.05, 0.1) is 5.56 Å². The standard InChI is InChI=1S/C54H32O2/c1-2-12-38-31-39(30-23-33(38)11-1)34-21-24-35(25-22-34)50-42-15-3-5-17-44(42)51(45-18-6-4-16-43(45)50)36-26-28-37(29-27-36)52-53-46(40-13-7-9-19-48(40)55-53)32-47-41-14-8-10-20-49(41)56-54(47)52/h1-32H. The van der Waals surface area contributed by atoms with Crippen molar-refractivity contribution >= 4 is 76.2 Å². The van der Waals surface area contributed by atoms with Crippen molar-refractivity contribution in [3.05, 3.63) is 194 Å². The molecule has 2 heterocycles. The van der Waals surface area contributed by atoms with Crippen LogP contribution in [0.2, 0.25) is 0 Å². The average Bonchev–Trinajstić information content (AvgIpc) is 3.83. The lowest BCUT2D eigenvalue weighted by atomic mass is 9.85. The molecule has 0 radical (unpaired) electrons. The summed E-state index contributed by atoms with van der Waals surface area (Å²) in [6, 6.07) is 69.8. The Labute approximate surface area is 322 Å². The van der Waals surface area contributed by atoms with Crippen molar-refractivity contribution in [1.82, 2.24) is 0 Å². The third-order valence-electron chi connectivity index (χ3n) is 11.7. The summed E-state index contributed by atoms with van der Waals surface area (Å²) in [5.41, 5.74) is 12.8. The maximum absolute atomic E-state index is 6.62. The molecule has 2 nitrogen and oxygen atoms in total. The first-order valence-corrected chi connectivity index (χ1v) is 19.2. The second kappa shape index (κ2) is 12.0. The molecule has 0 bridgehead atoms. The lowest BCUT2D eigenvalue weighted by molar-refractivity contribution is 0.658. The molecule has 10 aromatic carbocycles. The summed E-state index contributed by atoms with van der Waals surface area (Å²) in [7, 11) is 0. The van der Waals surface area contributed by atoms with Gasteiger partial charge in [-0.15, -0.1) is 0 Å². The number of hydrogen-bond acceptors (Lipinski definition) is 2. The molecule has 12 rings (SSSR count). The van der Waals surface area contributed by atoms with Gasteiger partial charge in [0.1, 0.15) is 22.3 Å². The van der Waals surface area contributed by atoms with E-state index < -0.39 is 0 Å². The fraction of sp³-hybridized carbons (Fsp3) is 0. The van der Waals surface area contributed by atoms with Crippen LogP contribution < -0.4 is 0 Å². The van der Waals surface area contributed by atoms with Crippen LogP contribution in [0, 0.1) is 0 Å². The van der Waals surface area contributed by atoms with Gasteiger partial charge in [0, 0.05) is 21.5 Å². The van der Waals surface area contributed by atoms with Crippen molar-refractivity contribution in [2.24, 2.45) is 0 Å². The molecule has 12 aromatic rings. The summed E-state index contributed by atoms with van der Waals surface area (Å²) in [5, 5.41) is 11.8. The van der Waals surface area contributed by atoms with Gasteiger partial charge in [-0.25, -0.2) is 0 Å². The van der Waals surface area contributed by atoms with E-state index in [9.17, 15) is 0 Å². The first-order valence-electron chi connectivity index (χ1n) is 19.2. The topological polar surface area (TPSA) is 26.3 Å². The first kappa shape index (κ1) is 31.0. The Morgan fingerprint density at radius 1 is 0.232 bits per heavy atom. The second-order valence-electron chi connectivity index (χ2n) is 14.8. The summed E-state index contributed by atoms with van der Waals surface area (Å²) >= 11 is 0. The molecule has 0 fully saturated rings. The first-order chi connectivity index (χ1) is 27.8. The number of fused-ring (bicyclic) bond motifs is 9. The van der Waals surface area contributed by atoms with Gasteiger partial charge in [0.25, 0.3) is 0 Å². The van der Waals surface area contributed by atoms with Gasteiger partial charge in [-0.05, 0) is 95.5 Å². The zero-order valence-electron chi connectivity index (χ0n) is 30.3. The summed E-state index contributed by atoms with van der Waals surface area (Å²) in [6.45, 7) is 0. The number of furan rings is 2. The third kappa shape index (κ3) is 4.63. The molecule has 0 saturated heterocycles. The summed E-state index contributed by atoms with van der Waals surface area (Å²) < 4.78 is 13.2. The SMILES string of the molecule is c1ccc2cc(-c3ccc(-c4c5ccccc5c(-c5ccc(-c6c7oc8ccccc8c7cc7c6oc6ccccc67)cc5)c5ccccc45)cc3)ccc2c1. The second-order valence-corrected chi connectivity index (χ2v) is 14.8. The molecule has 0 aliphatic carbocycles. The van der Waals surface area contributed by atoms with Crippen LogP contribution in [0.3, 0.4) is 0 Å². The van der Waals surface area contributed by atoms with E-state index in [1.165, 1.54) is 60.1 Å². The molecule has 0 aliphatic rings. The van der Waals surface area contributed by atoms with E-state index in [1.807, 2.05) is 24.3 Å². The van der Waals surface area contributed by atoms with Crippen LogP contribution in [0.4, 0.5) is 0 Å². The monoisotopic (exact) mass is 712 g/mol. The smallest absolute Gasteiger partial charge is 0.147 e. The maximum Gasteiger partial charge on any atom is 0.147 e. The molecule has 0 N–H and O–H groups in total. The van der Waals surface area contributed by atoms with E-state index in [1.54, 1.807) is 0 Å². The minimum Gasteiger partial charge on any atom is -0.455 e. The highest BCUT2D eigenvalue weighted by molar-refractivity contribution is 6.23. The minimum absolute atomic E-state index is 0.845. The highest BCUT2D eigenvalue weighted by Gasteiger charge is 2.22. The average molecular weight is 713 g/mol. The van der Waals surface area contributed by atoms with E-state index in [0.29, 0.717) is 0 Å². The normalized spacial score (nSPS) is 11.9. The van der Waals surface area contributed by atoms with E-state index in [0.717, 1.165) is 60.6 Å². The summed E-state index contributed by atoms with van der Waals surface area (Å²) in [5.74, 6) is 0. The van der Waals surface area contributed by atoms with Gasteiger partial charge in [0.2, 0.25) is 0 Å². The maximum atomic E-state index is 6.62. The number of hydrogen-bond donors (Lipinski definition) is 0. The van der Waals surface area contributed by atoms with Crippen molar-refractivity contribution < 1.29 is 8.83 Å². The molecule has 0 amide bonds. The van der Waals surface area contributed by atoms with Crippen LogP contribution in [0.25, 0.3) is 121 Å². The van der Waals surface area contributed by atoms with Gasteiger partial charge >= 0.3 is 0 Å². The van der Waals surface area contributed by atoms with Crippen molar-refractivity contribution in [3.63, 3.8) is 0 Å². The Hall–Kier alpha value is -7.42. The Morgan fingerprint density at radius 3 is 1.11 bits per heavy atom. The molecule has 0 spiro atoms. The Morgan fingerprint density at radius 2 is 0.607 bits per heavy atom. The molecule has 260 valence electrons. The van der Waals surface area contributed by atoms with Gasteiger partial charge in [-0.2, -0.15) is 0 Å². The van der Waals surface area contributed by atoms with Gasteiger partial charge < -0.3 is 8.83 Å². The third-order valence-corrected chi connectivity index (χ3v) is 11.7. The number of benzene rings is 10. The molecule has 0 saturated carbocycles. The number of para-hydroxylation sites is 2. The van der Waals surface area contributed by atoms with Crippen LogP contribution >= 0.6 is 0 Å². The quantitative estimate of drug-likeness (QED) is 0.170. The van der Waals surface area contributed by atoms with Crippen LogP contribution in [-0.4, -0.2) is 0 Å². The molecular weight excluding hydrogens is 681 g/mol. The van der Waals surface area contributed by atoms with E-state index in [4.69, 9.17) is 8.83 Å². The molecule has 2 heteroatoms. The van der Waals surface area contributed by atoms with Crippen LogP contribution in [0.5, 0.6) is 0 Å². The highest BCUT2D eigenvalue weighted by atomic mass is 16.3. The van der Waals surface area contributed by atoms with Crippen molar-refractivity contribution in [3.8, 4) is 44.5 Å². The fourth-order valence-electron chi connectivity index (χ4n) is 9.05. The van der Waals surface area contributed by atoms with Crippen molar-refractivity contribution in [2.45, 2.75) is 0 Å². The predicted molar refractivity (Wildman–Crippen MR) is 235 cm³/mol. The number of rotatable bonds is 4. The van der Waals surface area contributed by atoms with Gasteiger partial charge in [-0.3, -0.25) is 0 Å². The zero-order valence-corrected chi connectivity index (χ0v) is 30.3. The van der Waals surface area contributed by atoms with Crippen LogP contribution in [0.15, 0.2) is 203 Å². The lowest BCUT2D eigenvalue weighted by Gasteiger charge is -2.18. The van der Waals surface area contributed by atoms with E-state index >= 15 is 0 Å². The molecule has 56 heavy (non-hydrogen) atoms. The van der Waals surface area contributed by atoms with Crippen LogP contribution in [-0.2, 0) is 0 Å². The lowest BCUT2D eigenvalue weighted by Crippen LogP contribution is -1.91.